The van der Waals surface area contributed by atoms with E-state index < -0.39 is 16.6 Å². The van der Waals surface area contributed by atoms with Crippen LogP contribution in [-0.4, -0.2) is 22.9 Å². The van der Waals surface area contributed by atoms with Crippen LogP contribution < -0.4 is 0 Å². The molecule has 2 rings (SSSR count). The standard InChI is InChI=1S/C33H52O3Si2/c1-12-28(20-21-34)29-15-13-14-26(22-29)16-17-27-18-19-30(24-35-37(8,9)32(2,3)4)31(23-27)25-36-38(10,11)33(5,6)7/h13-15,18-23H,12,16-17,24-25H2,1-11H3/b28-20-. The van der Waals surface area contributed by atoms with Gasteiger partial charge in [0.1, 0.15) is 6.29 Å². The summed E-state index contributed by atoms with van der Waals surface area (Å²) in [6.45, 7) is 26.4. The summed E-state index contributed by atoms with van der Waals surface area (Å²) in [5.41, 5.74) is 7.32. The van der Waals surface area contributed by atoms with Crippen LogP contribution in [0.1, 0.15) is 82.7 Å². The fourth-order valence-electron chi connectivity index (χ4n) is 3.77. The lowest BCUT2D eigenvalue weighted by Crippen LogP contribution is -2.41. The summed E-state index contributed by atoms with van der Waals surface area (Å²) >= 11 is 0. The first kappa shape index (κ1) is 32.4. The van der Waals surface area contributed by atoms with E-state index in [-0.39, 0.29) is 10.1 Å². The fourth-order valence-corrected chi connectivity index (χ4v) is 5.67. The minimum Gasteiger partial charge on any atom is -0.413 e. The largest absolute Gasteiger partial charge is 0.413 e. The fraction of sp³-hybridized carbons (Fsp3) is 0.545. The summed E-state index contributed by atoms with van der Waals surface area (Å²) in [4.78, 5) is 11.0. The molecule has 0 fully saturated rings. The Kier molecular flexibility index (Phi) is 11.1. The zero-order chi connectivity index (χ0) is 28.8. The molecule has 38 heavy (non-hydrogen) atoms. The molecule has 0 aliphatic heterocycles. The number of benzene rings is 2. The van der Waals surface area contributed by atoms with Gasteiger partial charge in [0, 0.05) is 0 Å². The van der Waals surface area contributed by atoms with Gasteiger partial charge in [0.2, 0.25) is 0 Å². The summed E-state index contributed by atoms with van der Waals surface area (Å²) in [7, 11) is -3.73. The average molecular weight is 553 g/mol. The van der Waals surface area contributed by atoms with Crippen LogP contribution in [0.3, 0.4) is 0 Å². The van der Waals surface area contributed by atoms with Gasteiger partial charge in [0.15, 0.2) is 16.6 Å². The van der Waals surface area contributed by atoms with Crippen LogP contribution in [0, 0.1) is 0 Å². The van der Waals surface area contributed by atoms with Gasteiger partial charge in [-0.3, -0.25) is 4.79 Å². The highest BCUT2D eigenvalue weighted by molar-refractivity contribution is 6.74. The second-order valence-electron chi connectivity index (χ2n) is 13.6. The van der Waals surface area contributed by atoms with E-state index in [4.69, 9.17) is 8.85 Å². The van der Waals surface area contributed by atoms with Crippen LogP contribution in [0.4, 0.5) is 0 Å². The predicted octanol–water partition coefficient (Wildman–Crippen LogP) is 9.51. The summed E-state index contributed by atoms with van der Waals surface area (Å²) in [5.74, 6) is 0. The molecule has 0 unspecified atom stereocenters. The molecular formula is C33H52O3Si2. The van der Waals surface area contributed by atoms with Gasteiger partial charge >= 0.3 is 0 Å². The molecule has 5 heteroatoms. The molecule has 2 aromatic rings. The lowest BCUT2D eigenvalue weighted by atomic mass is 9.96. The number of aldehydes is 1. The first-order chi connectivity index (χ1) is 17.5. The third kappa shape index (κ3) is 8.87. The Bertz CT molecular complexity index is 1100. The molecule has 0 bridgehead atoms. The average Bonchev–Trinajstić information content (AvgIpc) is 2.82. The first-order valence-electron chi connectivity index (χ1n) is 14.1. The summed E-state index contributed by atoms with van der Waals surface area (Å²) in [6, 6.07) is 15.4. The maximum atomic E-state index is 11.0. The van der Waals surface area contributed by atoms with Crippen molar-refractivity contribution in [1.82, 2.24) is 0 Å². The Hall–Kier alpha value is -1.80. The van der Waals surface area contributed by atoms with Crippen LogP contribution in [0.5, 0.6) is 0 Å². The van der Waals surface area contributed by atoms with Crippen LogP contribution in [-0.2, 0) is 39.7 Å². The topological polar surface area (TPSA) is 35.5 Å². The Morgan fingerprint density at radius 3 is 1.79 bits per heavy atom. The molecule has 0 atom stereocenters. The number of carbonyl (C=O) groups is 1. The number of rotatable bonds is 12. The molecule has 3 nitrogen and oxygen atoms in total. The minimum atomic E-state index is -1.88. The molecule has 0 radical (unpaired) electrons. The lowest BCUT2D eigenvalue weighted by Gasteiger charge is -2.37. The van der Waals surface area contributed by atoms with E-state index in [0.29, 0.717) is 13.2 Å². The van der Waals surface area contributed by atoms with E-state index >= 15 is 0 Å². The monoisotopic (exact) mass is 552 g/mol. The third-order valence-electron chi connectivity index (χ3n) is 8.71. The van der Waals surface area contributed by atoms with E-state index in [0.717, 1.165) is 36.7 Å². The van der Waals surface area contributed by atoms with Crippen molar-refractivity contribution in [3.05, 3.63) is 76.4 Å². The molecule has 0 amide bonds. The van der Waals surface area contributed by atoms with E-state index in [9.17, 15) is 4.79 Å². The molecule has 0 aliphatic carbocycles. The third-order valence-corrected chi connectivity index (χ3v) is 17.7. The molecule has 2 aromatic carbocycles. The summed E-state index contributed by atoms with van der Waals surface area (Å²) in [6.07, 6.45) is 5.32. The maximum absolute atomic E-state index is 11.0. The first-order valence-corrected chi connectivity index (χ1v) is 19.9. The summed E-state index contributed by atoms with van der Waals surface area (Å²) < 4.78 is 13.3. The molecule has 210 valence electrons. The van der Waals surface area contributed by atoms with Gasteiger partial charge in [0.25, 0.3) is 0 Å². The predicted molar refractivity (Wildman–Crippen MR) is 169 cm³/mol. The van der Waals surface area contributed by atoms with Crippen molar-refractivity contribution in [1.29, 1.82) is 0 Å². The Labute approximate surface area is 235 Å². The SMILES string of the molecule is CC/C(=C/C=O)c1cccc(CCc2ccc(CO[Si](C)(C)C(C)(C)C)c(CO[Si](C)(C)C(C)(C)C)c2)c1. The van der Waals surface area contributed by atoms with Crippen molar-refractivity contribution in [2.75, 3.05) is 0 Å². The number of carbonyl (C=O) groups excluding carboxylic acids is 1. The minimum absolute atomic E-state index is 0.170. The normalized spacial score (nSPS) is 13.6. The highest BCUT2D eigenvalue weighted by atomic mass is 28.4. The van der Waals surface area contributed by atoms with E-state index in [1.54, 1.807) is 6.08 Å². The van der Waals surface area contributed by atoms with E-state index in [1.165, 1.54) is 22.3 Å². The van der Waals surface area contributed by atoms with Crippen molar-refractivity contribution in [2.45, 2.75) is 117 Å². The van der Waals surface area contributed by atoms with E-state index in [1.807, 2.05) is 0 Å². The van der Waals surface area contributed by atoms with Gasteiger partial charge in [-0.25, -0.2) is 0 Å². The van der Waals surface area contributed by atoms with Crippen LogP contribution in [0.25, 0.3) is 5.57 Å². The van der Waals surface area contributed by atoms with Crippen molar-refractivity contribution in [3.8, 4) is 0 Å². The van der Waals surface area contributed by atoms with Gasteiger partial charge in [0.05, 0.1) is 13.2 Å². The molecule has 0 spiro atoms. The number of hydrogen-bond donors (Lipinski definition) is 0. The zero-order valence-electron chi connectivity index (χ0n) is 26.0. The van der Waals surface area contributed by atoms with Gasteiger partial charge in [-0.2, -0.15) is 0 Å². The smallest absolute Gasteiger partial charge is 0.192 e. The molecule has 0 saturated carbocycles. The Morgan fingerprint density at radius 1 is 0.763 bits per heavy atom. The molecule has 0 aliphatic rings. The van der Waals surface area contributed by atoms with Crippen molar-refractivity contribution < 1.29 is 13.6 Å². The molecule has 0 heterocycles. The highest BCUT2D eigenvalue weighted by Gasteiger charge is 2.38. The number of allylic oxidation sites excluding steroid dienone is 2. The van der Waals surface area contributed by atoms with Crippen LogP contribution in [0.15, 0.2) is 48.5 Å². The van der Waals surface area contributed by atoms with Crippen LogP contribution >= 0.6 is 0 Å². The summed E-state index contributed by atoms with van der Waals surface area (Å²) in [5, 5.41) is 0.348. The second-order valence-corrected chi connectivity index (χ2v) is 23.2. The van der Waals surface area contributed by atoms with Gasteiger partial charge in [-0.05, 0) is 95.0 Å². The molecule has 0 aromatic heterocycles. The quantitative estimate of drug-likeness (QED) is 0.149. The molecule has 0 N–H and O–H groups in total. The highest BCUT2D eigenvalue weighted by Crippen LogP contribution is 2.39. The molecule has 0 saturated heterocycles. The zero-order valence-corrected chi connectivity index (χ0v) is 28.0. The van der Waals surface area contributed by atoms with Gasteiger partial charge in [-0.15, -0.1) is 0 Å². The number of aryl methyl sites for hydroxylation is 2. The van der Waals surface area contributed by atoms with Crippen LogP contribution in [0.2, 0.25) is 36.3 Å². The van der Waals surface area contributed by atoms with Crippen molar-refractivity contribution >= 4 is 28.5 Å². The van der Waals surface area contributed by atoms with Crippen molar-refractivity contribution in [3.63, 3.8) is 0 Å². The lowest BCUT2D eigenvalue weighted by molar-refractivity contribution is -0.104. The van der Waals surface area contributed by atoms with E-state index in [2.05, 4.69) is 117 Å². The Balaban J connectivity index is 2.28. The Morgan fingerprint density at radius 2 is 1.29 bits per heavy atom. The second kappa shape index (κ2) is 13.0. The van der Waals surface area contributed by atoms with Gasteiger partial charge < -0.3 is 8.85 Å². The molecular weight excluding hydrogens is 501 g/mol. The number of hydrogen-bond acceptors (Lipinski definition) is 3. The maximum Gasteiger partial charge on any atom is 0.192 e. The van der Waals surface area contributed by atoms with Gasteiger partial charge in [-0.1, -0.05) is 90.9 Å². The van der Waals surface area contributed by atoms with Crippen molar-refractivity contribution in [2.24, 2.45) is 0 Å².